The molecule has 0 bridgehead atoms. The molecular formula is C37H67N5O8. The van der Waals surface area contributed by atoms with Crippen LogP contribution in [0.4, 0.5) is 4.79 Å². The zero-order valence-electron chi connectivity index (χ0n) is 32.6. The van der Waals surface area contributed by atoms with Crippen molar-refractivity contribution in [2.45, 2.75) is 163 Å². The second-order valence-corrected chi connectivity index (χ2v) is 17.2. The summed E-state index contributed by atoms with van der Waals surface area (Å²) in [5.41, 5.74) is 3.49. The number of hydrogen-bond acceptors (Lipinski definition) is 8. The van der Waals surface area contributed by atoms with Gasteiger partial charge < -0.3 is 36.4 Å². The highest BCUT2D eigenvalue weighted by molar-refractivity contribution is 6.37. The molecule has 0 aromatic heterocycles. The van der Waals surface area contributed by atoms with Crippen LogP contribution in [0.25, 0.3) is 0 Å². The lowest BCUT2D eigenvalue weighted by Crippen LogP contribution is -2.62. The Hall–Kier alpha value is -3.22. The SMILES string of the molecule is CC(C)(C)O.CC(C)C.CC1CCN(C(=O)C(NC(=O)NCC(=O)OC(C)(C)C)C2(C)CCCCC2)[C@@H]1C(=O)NC(CC1CC1)C(=O)C(N)=O. The molecule has 2 aliphatic carbocycles. The zero-order chi connectivity index (χ0) is 38.6. The number of nitrogens with zero attached hydrogens (tertiary/aromatic N) is 1. The van der Waals surface area contributed by atoms with E-state index in [0.29, 0.717) is 32.2 Å². The third-order valence-corrected chi connectivity index (χ3v) is 8.42. The van der Waals surface area contributed by atoms with Crippen molar-refractivity contribution in [3.8, 4) is 0 Å². The van der Waals surface area contributed by atoms with Gasteiger partial charge >= 0.3 is 12.0 Å². The fraction of sp³-hybridized carbons (Fsp3) is 0.838. The first-order chi connectivity index (χ1) is 22.8. The second-order valence-electron chi connectivity index (χ2n) is 17.2. The number of aliphatic hydroxyl groups is 1. The minimum absolute atomic E-state index is 0.204. The number of Topliss-reactive ketones (excluding diaryl/α,β-unsaturated/α-hetero) is 1. The van der Waals surface area contributed by atoms with Gasteiger partial charge in [0.2, 0.25) is 17.6 Å². The predicted molar refractivity (Wildman–Crippen MR) is 193 cm³/mol. The molecule has 6 N–H and O–H groups in total. The molecule has 50 heavy (non-hydrogen) atoms. The molecule has 4 atom stereocenters. The number of likely N-dealkylation sites (tertiary alicyclic amines) is 1. The summed E-state index contributed by atoms with van der Waals surface area (Å²) in [4.78, 5) is 78.3. The summed E-state index contributed by atoms with van der Waals surface area (Å²) in [5.74, 6) is -2.56. The van der Waals surface area contributed by atoms with Crippen molar-refractivity contribution in [2.75, 3.05) is 13.1 Å². The number of hydrogen-bond donors (Lipinski definition) is 5. The van der Waals surface area contributed by atoms with Crippen LogP contribution >= 0.6 is 0 Å². The van der Waals surface area contributed by atoms with Crippen molar-refractivity contribution in [3.05, 3.63) is 0 Å². The number of ether oxygens (including phenoxy) is 1. The van der Waals surface area contributed by atoms with Crippen LogP contribution < -0.4 is 21.7 Å². The van der Waals surface area contributed by atoms with Crippen LogP contribution in [0.5, 0.6) is 0 Å². The van der Waals surface area contributed by atoms with Gasteiger partial charge in [0.25, 0.3) is 5.91 Å². The molecule has 0 radical (unpaired) electrons. The molecule has 5 amide bonds. The van der Waals surface area contributed by atoms with Crippen LogP contribution in [0.15, 0.2) is 0 Å². The molecule has 0 spiro atoms. The lowest BCUT2D eigenvalue weighted by molar-refractivity contribution is -0.153. The molecule has 0 aromatic rings. The number of rotatable bonds is 11. The van der Waals surface area contributed by atoms with E-state index >= 15 is 0 Å². The third-order valence-electron chi connectivity index (χ3n) is 8.42. The Kier molecular flexibility index (Phi) is 17.4. The molecule has 1 saturated heterocycles. The van der Waals surface area contributed by atoms with Crippen LogP contribution in [0, 0.1) is 23.2 Å². The van der Waals surface area contributed by atoms with E-state index in [-0.39, 0.29) is 24.3 Å². The van der Waals surface area contributed by atoms with Crippen molar-refractivity contribution in [1.29, 1.82) is 0 Å². The number of ketones is 1. The van der Waals surface area contributed by atoms with Gasteiger partial charge in [0.15, 0.2) is 0 Å². The van der Waals surface area contributed by atoms with Crippen LogP contribution in [0.3, 0.4) is 0 Å². The first-order valence-electron chi connectivity index (χ1n) is 18.3. The normalized spacial score (nSPS) is 21.3. The van der Waals surface area contributed by atoms with Crippen LogP contribution in [-0.2, 0) is 28.7 Å². The number of carbonyl (C=O) groups excluding carboxylic acids is 6. The molecule has 13 heteroatoms. The summed E-state index contributed by atoms with van der Waals surface area (Å²) in [6, 6.07) is -3.51. The number of esters is 1. The van der Waals surface area contributed by atoms with Gasteiger partial charge in [-0.05, 0) is 90.4 Å². The van der Waals surface area contributed by atoms with E-state index in [9.17, 15) is 28.8 Å². The third kappa shape index (κ3) is 17.1. The molecule has 3 unspecified atom stereocenters. The summed E-state index contributed by atoms with van der Waals surface area (Å²) in [6.07, 6.45) is 7.01. The van der Waals surface area contributed by atoms with Gasteiger partial charge in [0.05, 0.1) is 11.6 Å². The van der Waals surface area contributed by atoms with E-state index in [1.54, 1.807) is 41.5 Å². The number of amides is 5. The highest BCUT2D eigenvalue weighted by atomic mass is 16.6. The molecule has 13 nitrogen and oxygen atoms in total. The summed E-state index contributed by atoms with van der Waals surface area (Å²) >= 11 is 0. The Morgan fingerprint density at radius 1 is 0.920 bits per heavy atom. The van der Waals surface area contributed by atoms with E-state index in [2.05, 4.69) is 36.7 Å². The van der Waals surface area contributed by atoms with E-state index in [4.69, 9.17) is 15.6 Å². The quantitative estimate of drug-likeness (QED) is 0.157. The molecular weight excluding hydrogens is 642 g/mol. The highest BCUT2D eigenvalue weighted by Crippen LogP contribution is 2.40. The highest BCUT2D eigenvalue weighted by Gasteiger charge is 2.48. The van der Waals surface area contributed by atoms with Crippen molar-refractivity contribution in [1.82, 2.24) is 20.9 Å². The molecule has 1 heterocycles. The number of nitrogens with two attached hydrogens (primary N) is 1. The van der Waals surface area contributed by atoms with Crippen molar-refractivity contribution >= 4 is 35.5 Å². The summed E-state index contributed by atoms with van der Waals surface area (Å²) < 4.78 is 5.25. The molecule has 3 fully saturated rings. The molecule has 3 aliphatic rings. The van der Waals surface area contributed by atoms with Crippen LogP contribution in [-0.4, -0.2) is 87.9 Å². The molecule has 3 rings (SSSR count). The Morgan fingerprint density at radius 2 is 1.44 bits per heavy atom. The van der Waals surface area contributed by atoms with Gasteiger partial charge in [-0.15, -0.1) is 0 Å². The van der Waals surface area contributed by atoms with Crippen molar-refractivity contribution in [2.24, 2.45) is 28.9 Å². The summed E-state index contributed by atoms with van der Waals surface area (Å²) in [7, 11) is 0. The standard InChI is InChI=1S/C29H47N5O7.C4H10O.C4H10/c1-17-11-14-34(21(17)25(38)32-19(15-18-9-10-18)22(36)24(30)37)26(39)23(29(5)12-7-6-8-13-29)33-27(40)31-16-20(35)41-28(2,3)4;1-4(2,3)5;1-4(2)3/h17-19,21,23H,6-16H2,1-5H3,(H2,30,37)(H,32,38)(H2,31,33,40);5H,1-3H3;4H,1-3H3/t17?,19?,21-,23?;;/m0../s1. The number of carbonyl (C=O) groups is 6. The Morgan fingerprint density at radius 3 is 1.90 bits per heavy atom. The lowest BCUT2D eigenvalue weighted by atomic mass is 9.70. The number of nitrogens with one attached hydrogen (secondary N) is 3. The van der Waals surface area contributed by atoms with Gasteiger partial charge in [-0.1, -0.05) is 66.7 Å². The zero-order valence-corrected chi connectivity index (χ0v) is 32.6. The van der Waals surface area contributed by atoms with Crippen LogP contribution in [0.2, 0.25) is 0 Å². The fourth-order valence-electron chi connectivity index (χ4n) is 6.00. The van der Waals surface area contributed by atoms with Gasteiger partial charge in [0.1, 0.15) is 24.2 Å². The van der Waals surface area contributed by atoms with Crippen LogP contribution in [0.1, 0.15) is 134 Å². The minimum Gasteiger partial charge on any atom is -0.459 e. The first-order valence-corrected chi connectivity index (χ1v) is 18.3. The number of primary amides is 1. The fourth-order valence-corrected chi connectivity index (χ4v) is 6.00. The second kappa shape index (κ2) is 19.4. The minimum atomic E-state index is -1.10. The van der Waals surface area contributed by atoms with Crippen molar-refractivity contribution in [3.63, 3.8) is 0 Å². The average Bonchev–Trinajstić information content (AvgIpc) is 3.69. The summed E-state index contributed by atoms with van der Waals surface area (Å²) in [6.45, 7) is 20.7. The monoisotopic (exact) mass is 709 g/mol. The number of urea groups is 1. The van der Waals surface area contributed by atoms with E-state index in [0.717, 1.165) is 38.0 Å². The average molecular weight is 710 g/mol. The van der Waals surface area contributed by atoms with E-state index in [1.807, 2.05) is 13.8 Å². The van der Waals surface area contributed by atoms with Crippen molar-refractivity contribution < 1.29 is 38.6 Å². The molecule has 0 aromatic carbocycles. The molecule has 2 saturated carbocycles. The predicted octanol–water partition coefficient (Wildman–Crippen LogP) is 3.98. The Balaban J connectivity index is 0.00000123. The maximum absolute atomic E-state index is 14.2. The Labute approximate surface area is 299 Å². The molecule has 1 aliphatic heterocycles. The maximum Gasteiger partial charge on any atom is 0.325 e. The van der Waals surface area contributed by atoms with Gasteiger partial charge in [0, 0.05) is 6.54 Å². The first kappa shape index (κ1) is 44.8. The topological polar surface area (TPSA) is 197 Å². The van der Waals surface area contributed by atoms with E-state index < -0.39 is 64.3 Å². The van der Waals surface area contributed by atoms with Gasteiger partial charge in [-0.3, -0.25) is 24.0 Å². The maximum atomic E-state index is 14.2. The Bertz CT molecular complexity index is 1160. The largest absolute Gasteiger partial charge is 0.459 e. The molecule has 288 valence electrons. The smallest absolute Gasteiger partial charge is 0.325 e. The van der Waals surface area contributed by atoms with E-state index in [1.165, 1.54) is 4.90 Å². The summed E-state index contributed by atoms with van der Waals surface area (Å²) in [5, 5.41) is 16.5. The van der Waals surface area contributed by atoms with Gasteiger partial charge in [-0.25, -0.2) is 4.79 Å². The lowest BCUT2D eigenvalue weighted by Gasteiger charge is -2.42. The van der Waals surface area contributed by atoms with Gasteiger partial charge in [-0.2, -0.15) is 0 Å².